The van der Waals surface area contributed by atoms with Crippen molar-refractivity contribution in [3.8, 4) is 0 Å². The van der Waals surface area contributed by atoms with Gasteiger partial charge in [0.2, 0.25) is 0 Å². The standard InChI is InChI=1S/C23H22N2O3/c1-25(2)16-8-10-21-18(13-16)17-12-15(7-9-20(17)28-21)24-23(26)22-11-14-5-3-4-6-19(14)27-22/h3-7,9,11-12,16H,8,10,13H2,1-2H3,(H,24,26). The molecule has 0 bridgehead atoms. The predicted octanol–water partition coefficient (Wildman–Crippen LogP) is 4.85. The van der Waals surface area contributed by atoms with Crippen molar-refractivity contribution in [1.29, 1.82) is 0 Å². The first kappa shape index (κ1) is 17.1. The summed E-state index contributed by atoms with van der Waals surface area (Å²) in [5, 5.41) is 4.96. The van der Waals surface area contributed by atoms with E-state index in [1.807, 2.05) is 42.5 Å². The molecule has 1 aliphatic carbocycles. The van der Waals surface area contributed by atoms with Crippen LogP contribution < -0.4 is 5.32 Å². The zero-order valence-corrected chi connectivity index (χ0v) is 16.0. The summed E-state index contributed by atoms with van der Waals surface area (Å²) in [6.45, 7) is 0. The number of furan rings is 2. The Bertz CT molecular complexity index is 1150. The molecule has 4 aromatic rings. The SMILES string of the molecule is CN(C)C1CCc2oc3ccc(NC(=O)c4cc5ccccc5o4)cc3c2C1. The molecule has 1 aliphatic rings. The molecule has 5 rings (SSSR count). The van der Waals surface area contributed by atoms with Crippen LogP contribution in [-0.4, -0.2) is 30.9 Å². The van der Waals surface area contributed by atoms with Crippen molar-refractivity contribution in [2.24, 2.45) is 0 Å². The van der Waals surface area contributed by atoms with Gasteiger partial charge >= 0.3 is 0 Å². The summed E-state index contributed by atoms with van der Waals surface area (Å²) < 4.78 is 11.7. The van der Waals surface area contributed by atoms with Gasteiger partial charge in [-0.15, -0.1) is 0 Å². The Morgan fingerprint density at radius 3 is 2.75 bits per heavy atom. The number of hydrogen-bond donors (Lipinski definition) is 1. The smallest absolute Gasteiger partial charge is 0.291 e. The van der Waals surface area contributed by atoms with Gasteiger partial charge in [-0.2, -0.15) is 0 Å². The van der Waals surface area contributed by atoms with E-state index < -0.39 is 0 Å². The molecule has 0 aliphatic heterocycles. The molecule has 142 valence electrons. The minimum absolute atomic E-state index is 0.251. The Kier molecular flexibility index (Phi) is 3.98. The van der Waals surface area contributed by atoms with E-state index >= 15 is 0 Å². The third-order valence-electron chi connectivity index (χ3n) is 5.66. The fraction of sp³-hybridized carbons (Fsp3) is 0.261. The van der Waals surface area contributed by atoms with Crippen molar-refractivity contribution in [3.05, 3.63) is 65.6 Å². The third-order valence-corrected chi connectivity index (χ3v) is 5.66. The second-order valence-corrected chi connectivity index (χ2v) is 7.68. The van der Waals surface area contributed by atoms with Gasteiger partial charge in [0, 0.05) is 34.5 Å². The Morgan fingerprint density at radius 1 is 1.07 bits per heavy atom. The Labute approximate surface area is 162 Å². The van der Waals surface area contributed by atoms with Crippen molar-refractivity contribution < 1.29 is 13.6 Å². The van der Waals surface area contributed by atoms with Gasteiger partial charge in [0.15, 0.2) is 5.76 Å². The predicted molar refractivity (Wildman–Crippen MR) is 110 cm³/mol. The lowest BCUT2D eigenvalue weighted by atomic mass is 9.91. The minimum atomic E-state index is -0.251. The van der Waals surface area contributed by atoms with E-state index in [2.05, 4.69) is 24.3 Å². The lowest BCUT2D eigenvalue weighted by Gasteiger charge is -2.27. The van der Waals surface area contributed by atoms with Gasteiger partial charge in [0.1, 0.15) is 16.9 Å². The lowest BCUT2D eigenvalue weighted by molar-refractivity contribution is 0.0998. The van der Waals surface area contributed by atoms with Crippen LogP contribution in [0.4, 0.5) is 5.69 Å². The molecule has 1 unspecified atom stereocenters. The normalized spacial score (nSPS) is 16.6. The molecule has 5 heteroatoms. The van der Waals surface area contributed by atoms with Crippen LogP contribution in [0, 0.1) is 0 Å². The molecule has 0 spiro atoms. The molecule has 2 aromatic carbocycles. The van der Waals surface area contributed by atoms with E-state index in [0.29, 0.717) is 17.4 Å². The number of nitrogens with one attached hydrogen (secondary N) is 1. The topological polar surface area (TPSA) is 58.6 Å². The monoisotopic (exact) mass is 374 g/mol. The van der Waals surface area contributed by atoms with Gasteiger partial charge < -0.3 is 19.1 Å². The highest BCUT2D eigenvalue weighted by molar-refractivity contribution is 6.05. The van der Waals surface area contributed by atoms with Crippen LogP contribution in [0.25, 0.3) is 21.9 Å². The van der Waals surface area contributed by atoms with E-state index in [0.717, 1.165) is 47.1 Å². The molecule has 0 saturated carbocycles. The number of aryl methyl sites for hydroxylation is 1. The van der Waals surface area contributed by atoms with Crippen LogP contribution in [-0.2, 0) is 12.8 Å². The molecule has 2 heterocycles. The minimum Gasteiger partial charge on any atom is -0.461 e. The van der Waals surface area contributed by atoms with Crippen molar-refractivity contribution in [3.63, 3.8) is 0 Å². The van der Waals surface area contributed by atoms with E-state index in [9.17, 15) is 4.79 Å². The number of nitrogens with zero attached hydrogens (tertiary/aromatic N) is 1. The largest absolute Gasteiger partial charge is 0.461 e. The van der Waals surface area contributed by atoms with Gasteiger partial charge in [-0.25, -0.2) is 0 Å². The van der Waals surface area contributed by atoms with Crippen LogP contribution in [0.5, 0.6) is 0 Å². The van der Waals surface area contributed by atoms with Crippen LogP contribution >= 0.6 is 0 Å². The number of amides is 1. The first-order valence-corrected chi connectivity index (χ1v) is 9.59. The van der Waals surface area contributed by atoms with Gasteiger partial charge in [-0.3, -0.25) is 4.79 Å². The lowest BCUT2D eigenvalue weighted by Crippen LogP contribution is -2.33. The summed E-state index contributed by atoms with van der Waals surface area (Å²) in [6.07, 6.45) is 3.03. The number of carbonyl (C=O) groups is 1. The van der Waals surface area contributed by atoms with E-state index in [4.69, 9.17) is 8.83 Å². The molecule has 28 heavy (non-hydrogen) atoms. The summed E-state index contributed by atoms with van der Waals surface area (Å²) >= 11 is 0. The number of likely N-dealkylation sites (N-methyl/N-ethyl adjacent to an activating group) is 1. The van der Waals surface area contributed by atoms with E-state index in [-0.39, 0.29) is 5.91 Å². The maximum atomic E-state index is 12.7. The summed E-state index contributed by atoms with van der Waals surface area (Å²) in [7, 11) is 4.24. The maximum absolute atomic E-state index is 12.7. The van der Waals surface area contributed by atoms with Crippen LogP contribution in [0.15, 0.2) is 57.4 Å². The van der Waals surface area contributed by atoms with Crippen LogP contribution in [0.1, 0.15) is 28.3 Å². The van der Waals surface area contributed by atoms with Crippen molar-refractivity contribution in [2.45, 2.75) is 25.3 Å². The zero-order valence-electron chi connectivity index (χ0n) is 16.0. The van der Waals surface area contributed by atoms with E-state index in [1.54, 1.807) is 6.07 Å². The summed E-state index contributed by atoms with van der Waals surface area (Å²) in [4.78, 5) is 14.9. The molecule has 2 aromatic heterocycles. The average molecular weight is 374 g/mol. The van der Waals surface area contributed by atoms with Crippen LogP contribution in [0.2, 0.25) is 0 Å². The van der Waals surface area contributed by atoms with Gasteiger partial charge in [0.05, 0.1) is 0 Å². The molecule has 0 saturated heterocycles. The highest BCUT2D eigenvalue weighted by Crippen LogP contribution is 2.34. The first-order chi connectivity index (χ1) is 13.6. The van der Waals surface area contributed by atoms with Crippen molar-refractivity contribution in [1.82, 2.24) is 4.90 Å². The molecule has 1 amide bonds. The number of hydrogen-bond acceptors (Lipinski definition) is 4. The average Bonchev–Trinajstić information content (AvgIpc) is 3.28. The van der Waals surface area contributed by atoms with Gasteiger partial charge in [0.25, 0.3) is 5.91 Å². The second-order valence-electron chi connectivity index (χ2n) is 7.68. The fourth-order valence-electron chi connectivity index (χ4n) is 4.07. The number of benzene rings is 2. The number of fused-ring (bicyclic) bond motifs is 4. The highest BCUT2D eigenvalue weighted by Gasteiger charge is 2.25. The molecule has 0 fully saturated rings. The third kappa shape index (κ3) is 2.88. The van der Waals surface area contributed by atoms with E-state index in [1.165, 1.54) is 5.56 Å². The number of anilines is 1. The first-order valence-electron chi connectivity index (χ1n) is 9.59. The fourth-order valence-corrected chi connectivity index (χ4v) is 4.07. The Hall–Kier alpha value is -3.05. The zero-order chi connectivity index (χ0) is 19.3. The number of rotatable bonds is 3. The number of carbonyl (C=O) groups excluding carboxylic acids is 1. The molecular weight excluding hydrogens is 352 g/mol. The number of para-hydroxylation sites is 1. The van der Waals surface area contributed by atoms with Gasteiger partial charge in [-0.1, -0.05) is 18.2 Å². The highest BCUT2D eigenvalue weighted by atomic mass is 16.3. The summed E-state index contributed by atoms with van der Waals surface area (Å²) in [5.74, 6) is 1.14. The quantitative estimate of drug-likeness (QED) is 0.557. The Morgan fingerprint density at radius 2 is 1.93 bits per heavy atom. The summed E-state index contributed by atoms with van der Waals surface area (Å²) in [5.41, 5.74) is 3.60. The molecule has 1 atom stereocenters. The van der Waals surface area contributed by atoms with Gasteiger partial charge in [-0.05, 0) is 57.3 Å². The van der Waals surface area contributed by atoms with Crippen molar-refractivity contribution >= 4 is 33.5 Å². The molecule has 1 N–H and O–H groups in total. The Balaban J connectivity index is 1.45. The van der Waals surface area contributed by atoms with Crippen molar-refractivity contribution in [2.75, 3.05) is 19.4 Å². The van der Waals surface area contributed by atoms with Crippen LogP contribution in [0.3, 0.4) is 0 Å². The summed E-state index contributed by atoms with van der Waals surface area (Å²) in [6, 6.07) is 15.7. The maximum Gasteiger partial charge on any atom is 0.291 e. The molecule has 5 nitrogen and oxygen atoms in total. The molecular formula is C23H22N2O3. The molecule has 0 radical (unpaired) electrons. The second kappa shape index (κ2) is 6.53.